The quantitative estimate of drug-likeness (QED) is 0.680. The first-order valence-electron chi connectivity index (χ1n) is 9.36. The molecule has 28 heavy (non-hydrogen) atoms. The van der Waals surface area contributed by atoms with Crippen molar-refractivity contribution in [2.24, 2.45) is 0 Å². The van der Waals surface area contributed by atoms with Gasteiger partial charge in [-0.2, -0.15) is 0 Å². The Morgan fingerprint density at radius 1 is 0.893 bits per heavy atom. The zero-order valence-electron chi connectivity index (χ0n) is 15.4. The Hall–Kier alpha value is -3.19. The first-order chi connectivity index (χ1) is 13.6. The smallest absolute Gasteiger partial charge is 0.322 e. The monoisotopic (exact) mass is 378 g/mol. The second-order valence-corrected chi connectivity index (χ2v) is 6.98. The zero-order valence-corrected chi connectivity index (χ0v) is 15.4. The molecule has 0 radical (unpaired) electrons. The lowest BCUT2D eigenvalue weighted by molar-refractivity contribution is -0.140. The van der Waals surface area contributed by atoms with E-state index in [1.54, 1.807) is 4.90 Å². The number of amides is 4. The number of carbonyl (C=O) groups is 3. The largest absolute Gasteiger partial charge is 0.339 e. The van der Waals surface area contributed by atoms with E-state index in [-0.39, 0.29) is 5.91 Å². The predicted molar refractivity (Wildman–Crippen MR) is 104 cm³/mol. The molecule has 1 unspecified atom stereocenters. The molecule has 3 N–H and O–H groups in total. The van der Waals surface area contributed by atoms with Gasteiger partial charge in [-0.05, 0) is 11.1 Å². The highest BCUT2D eigenvalue weighted by molar-refractivity contribution is 6.10. The number of urea groups is 1. The molecule has 0 aliphatic carbocycles. The maximum Gasteiger partial charge on any atom is 0.322 e. The van der Waals surface area contributed by atoms with Crippen LogP contribution in [0.15, 0.2) is 60.7 Å². The number of nitrogens with zero attached hydrogens (tertiary/aromatic N) is 1. The van der Waals surface area contributed by atoms with Gasteiger partial charge in [0, 0.05) is 26.2 Å². The second-order valence-electron chi connectivity index (χ2n) is 6.98. The number of hydrogen-bond acceptors (Lipinski definition) is 4. The lowest BCUT2D eigenvalue weighted by Crippen LogP contribution is -2.62. The number of carbonyl (C=O) groups excluding carboxylic acids is 3. The van der Waals surface area contributed by atoms with Crippen LogP contribution in [0.3, 0.4) is 0 Å². The van der Waals surface area contributed by atoms with Gasteiger partial charge in [0.15, 0.2) is 0 Å². The number of hydrogen-bond donors (Lipinski definition) is 3. The van der Waals surface area contributed by atoms with Crippen molar-refractivity contribution < 1.29 is 14.4 Å². The molecule has 2 aromatic carbocycles. The first kappa shape index (κ1) is 18.2. The van der Waals surface area contributed by atoms with E-state index in [1.807, 2.05) is 60.7 Å². The molecule has 2 aliphatic rings. The normalized spacial score (nSPS) is 19.9. The summed E-state index contributed by atoms with van der Waals surface area (Å²) in [7, 11) is 0. The van der Waals surface area contributed by atoms with Crippen molar-refractivity contribution in [1.29, 1.82) is 0 Å². The van der Waals surface area contributed by atoms with Crippen LogP contribution in [0.4, 0.5) is 4.79 Å². The van der Waals surface area contributed by atoms with E-state index in [4.69, 9.17) is 0 Å². The van der Waals surface area contributed by atoms with Crippen molar-refractivity contribution in [2.75, 3.05) is 26.2 Å². The predicted octanol–water partition coefficient (Wildman–Crippen LogP) is 0.613. The molecular weight excluding hydrogens is 356 g/mol. The van der Waals surface area contributed by atoms with Gasteiger partial charge in [0.05, 0.1) is 0 Å². The van der Waals surface area contributed by atoms with Gasteiger partial charge < -0.3 is 15.5 Å². The van der Waals surface area contributed by atoms with Gasteiger partial charge in [-0.1, -0.05) is 60.7 Å². The maximum absolute atomic E-state index is 14.0. The third-order valence-electron chi connectivity index (χ3n) is 5.41. The Balaban J connectivity index is 1.95. The summed E-state index contributed by atoms with van der Waals surface area (Å²) < 4.78 is 0. The van der Waals surface area contributed by atoms with E-state index in [0.717, 1.165) is 0 Å². The number of rotatable bonds is 4. The Morgan fingerprint density at radius 2 is 1.43 bits per heavy atom. The zero-order chi connectivity index (χ0) is 19.6. The van der Waals surface area contributed by atoms with Crippen molar-refractivity contribution in [3.63, 3.8) is 0 Å². The average Bonchev–Trinajstić information content (AvgIpc) is 3.09. The van der Waals surface area contributed by atoms with Crippen LogP contribution in [-0.4, -0.2) is 55.0 Å². The molecule has 7 heteroatoms. The van der Waals surface area contributed by atoms with Crippen molar-refractivity contribution in [3.8, 4) is 0 Å². The summed E-state index contributed by atoms with van der Waals surface area (Å²) >= 11 is 0. The topological polar surface area (TPSA) is 90.5 Å². The molecule has 2 heterocycles. The molecule has 4 amide bonds. The van der Waals surface area contributed by atoms with Gasteiger partial charge in [-0.3, -0.25) is 14.9 Å². The number of imide groups is 1. The van der Waals surface area contributed by atoms with E-state index in [9.17, 15) is 14.4 Å². The fourth-order valence-corrected chi connectivity index (χ4v) is 4.11. The standard InChI is InChI=1S/C21H22N4O3/c26-18-17(23-20(28)24-18)21(15-7-3-1-4-8-15,16-9-5-2-6-10-16)19(27)25-13-11-22-12-14-25/h1-10,17,22H,11-14H2,(H2,23,24,26,28). The lowest BCUT2D eigenvalue weighted by Gasteiger charge is -2.42. The minimum atomic E-state index is -1.35. The summed E-state index contributed by atoms with van der Waals surface area (Å²) in [6.07, 6.45) is 0. The Kier molecular flexibility index (Phi) is 4.83. The first-order valence-corrected chi connectivity index (χ1v) is 9.36. The Bertz CT molecular complexity index is 840. The number of nitrogens with one attached hydrogen (secondary N) is 3. The molecule has 1 atom stereocenters. The van der Waals surface area contributed by atoms with Crippen molar-refractivity contribution >= 4 is 17.8 Å². The van der Waals surface area contributed by atoms with Crippen molar-refractivity contribution in [1.82, 2.24) is 20.9 Å². The van der Waals surface area contributed by atoms with Gasteiger partial charge in [0.1, 0.15) is 11.5 Å². The molecule has 2 aromatic rings. The van der Waals surface area contributed by atoms with Crippen LogP contribution >= 0.6 is 0 Å². The van der Waals surface area contributed by atoms with E-state index in [0.29, 0.717) is 37.3 Å². The molecule has 2 saturated heterocycles. The van der Waals surface area contributed by atoms with Gasteiger partial charge in [0.2, 0.25) is 5.91 Å². The summed E-state index contributed by atoms with van der Waals surface area (Å²) in [5.74, 6) is -0.685. The minimum Gasteiger partial charge on any atom is -0.339 e. The van der Waals surface area contributed by atoms with Crippen LogP contribution < -0.4 is 16.0 Å². The van der Waals surface area contributed by atoms with E-state index >= 15 is 0 Å². The second kappa shape index (κ2) is 7.44. The van der Waals surface area contributed by atoms with E-state index in [2.05, 4.69) is 16.0 Å². The molecule has 2 fully saturated rings. The van der Waals surface area contributed by atoms with Crippen LogP contribution in [0, 0.1) is 0 Å². The highest BCUT2D eigenvalue weighted by Crippen LogP contribution is 2.39. The van der Waals surface area contributed by atoms with Gasteiger partial charge in [0.25, 0.3) is 5.91 Å². The molecule has 7 nitrogen and oxygen atoms in total. The molecule has 2 aliphatic heterocycles. The number of piperazine rings is 1. The van der Waals surface area contributed by atoms with Crippen LogP contribution in [-0.2, 0) is 15.0 Å². The Labute approximate surface area is 163 Å². The van der Waals surface area contributed by atoms with Gasteiger partial charge >= 0.3 is 6.03 Å². The number of benzene rings is 2. The molecule has 0 saturated carbocycles. The third-order valence-corrected chi connectivity index (χ3v) is 5.41. The molecular formula is C21H22N4O3. The van der Waals surface area contributed by atoms with Crippen LogP contribution in [0.2, 0.25) is 0 Å². The fourth-order valence-electron chi connectivity index (χ4n) is 4.11. The van der Waals surface area contributed by atoms with Crippen LogP contribution in [0.5, 0.6) is 0 Å². The maximum atomic E-state index is 14.0. The van der Waals surface area contributed by atoms with Crippen molar-refractivity contribution in [3.05, 3.63) is 71.8 Å². The van der Waals surface area contributed by atoms with E-state index < -0.39 is 23.4 Å². The van der Waals surface area contributed by atoms with Crippen LogP contribution in [0.25, 0.3) is 0 Å². The van der Waals surface area contributed by atoms with Gasteiger partial charge in [-0.15, -0.1) is 0 Å². The molecule has 0 aromatic heterocycles. The highest BCUT2D eigenvalue weighted by Gasteiger charge is 2.56. The van der Waals surface area contributed by atoms with Crippen LogP contribution in [0.1, 0.15) is 11.1 Å². The summed E-state index contributed by atoms with van der Waals surface area (Å²) in [5, 5.41) is 8.24. The summed E-state index contributed by atoms with van der Waals surface area (Å²) in [4.78, 5) is 40.6. The average molecular weight is 378 g/mol. The summed E-state index contributed by atoms with van der Waals surface area (Å²) in [6, 6.07) is 16.8. The summed E-state index contributed by atoms with van der Waals surface area (Å²) in [5.41, 5.74) is -0.00464. The fraction of sp³-hybridized carbons (Fsp3) is 0.286. The lowest BCUT2D eigenvalue weighted by atomic mass is 9.67. The van der Waals surface area contributed by atoms with Gasteiger partial charge in [-0.25, -0.2) is 4.79 Å². The molecule has 0 bridgehead atoms. The van der Waals surface area contributed by atoms with E-state index in [1.165, 1.54) is 0 Å². The molecule has 0 spiro atoms. The third kappa shape index (κ3) is 2.93. The highest BCUT2D eigenvalue weighted by atomic mass is 16.2. The molecule has 4 rings (SSSR count). The summed E-state index contributed by atoms with van der Waals surface area (Å²) in [6.45, 7) is 2.47. The SMILES string of the molecule is O=C1NC(=O)C(C(C(=O)N2CCNCC2)(c2ccccc2)c2ccccc2)N1. The Morgan fingerprint density at radius 3 is 1.89 bits per heavy atom. The van der Waals surface area contributed by atoms with Crippen molar-refractivity contribution in [2.45, 2.75) is 11.5 Å². The molecule has 144 valence electrons. The minimum absolute atomic E-state index is 0.186.